The molecule has 0 saturated heterocycles. The zero-order chi connectivity index (χ0) is 24.4. The highest BCUT2D eigenvalue weighted by Crippen LogP contribution is 2.47. The van der Waals surface area contributed by atoms with Gasteiger partial charge in [0.1, 0.15) is 6.07 Å². The fourth-order valence-electron chi connectivity index (χ4n) is 4.60. The highest BCUT2D eigenvalue weighted by atomic mass is 35.5. The fraction of sp³-hybridized carbons (Fsp3) is 0.138. The average molecular weight is 480 g/mol. The average Bonchev–Trinajstić information content (AvgIpc) is 3.25. The van der Waals surface area contributed by atoms with Gasteiger partial charge in [-0.3, -0.25) is 5.10 Å². The Morgan fingerprint density at radius 2 is 1.83 bits per heavy atom. The van der Waals surface area contributed by atoms with Crippen molar-refractivity contribution in [2.24, 2.45) is 5.92 Å². The molecule has 2 N–H and O–H groups in total. The largest absolute Gasteiger partial charge is 0.478 e. The smallest absolute Gasteiger partial charge is 0.328 e. The van der Waals surface area contributed by atoms with Crippen molar-refractivity contribution < 1.29 is 9.90 Å². The van der Waals surface area contributed by atoms with Crippen LogP contribution in [0.25, 0.3) is 28.1 Å². The number of aromatic amines is 1. The lowest BCUT2D eigenvalue weighted by Crippen LogP contribution is -2.15. The standard InChI is InChI=1S/C29H22ClN3O2/c30-24-7-2-1-6-22(24)29(19-4-3-5-19)28(20-11-8-18(9-12-20)10-15-27(34)35)21-13-14-25-23(16-21)26(17-31)33-32-25/h1-2,6-16,19H,3-5H2,(H,32,33)(H,34,35). The van der Waals surface area contributed by atoms with E-state index in [9.17, 15) is 10.1 Å². The summed E-state index contributed by atoms with van der Waals surface area (Å²) in [5.74, 6) is -0.616. The number of halogens is 1. The minimum atomic E-state index is -0.984. The van der Waals surface area contributed by atoms with Gasteiger partial charge in [0.25, 0.3) is 0 Å². The second kappa shape index (κ2) is 9.61. The maximum absolute atomic E-state index is 10.9. The number of nitriles is 1. The molecule has 1 heterocycles. The Hall–Kier alpha value is -4.14. The number of hydrogen-bond donors (Lipinski definition) is 2. The molecule has 1 aliphatic rings. The Balaban J connectivity index is 1.77. The zero-order valence-corrected chi connectivity index (χ0v) is 19.6. The van der Waals surface area contributed by atoms with E-state index in [1.807, 2.05) is 60.7 Å². The van der Waals surface area contributed by atoms with Crippen molar-refractivity contribution in [2.45, 2.75) is 19.3 Å². The first kappa shape index (κ1) is 22.6. The van der Waals surface area contributed by atoms with Crippen molar-refractivity contribution in [3.05, 3.63) is 106 Å². The van der Waals surface area contributed by atoms with Gasteiger partial charge >= 0.3 is 5.97 Å². The Bertz CT molecular complexity index is 1520. The SMILES string of the molecule is N#Cc1n[nH]c2ccc(C(=C(c3ccccc3Cl)C3CCC3)c3ccc(C=CC(=O)O)cc3)cc12. The lowest BCUT2D eigenvalue weighted by molar-refractivity contribution is -0.131. The number of fused-ring (bicyclic) bond motifs is 1. The van der Waals surface area contributed by atoms with Crippen molar-refractivity contribution in [1.29, 1.82) is 5.26 Å². The minimum Gasteiger partial charge on any atom is -0.478 e. The van der Waals surface area contributed by atoms with Gasteiger partial charge in [-0.2, -0.15) is 10.4 Å². The van der Waals surface area contributed by atoms with Crippen molar-refractivity contribution in [3.8, 4) is 6.07 Å². The maximum Gasteiger partial charge on any atom is 0.328 e. The van der Waals surface area contributed by atoms with Crippen molar-refractivity contribution in [3.63, 3.8) is 0 Å². The molecule has 3 aromatic carbocycles. The molecule has 0 amide bonds. The number of nitrogens with zero attached hydrogens (tertiary/aromatic N) is 2. The third kappa shape index (κ3) is 4.49. The molecule has 1 aromatic heterocycles. The monoisotopic (exact) mass is 479 g/mol. The van der Waals surface area contributed by atoms with Crippen LogP contribution < -0.4 is 0 Å². The van der Waals surface area contributed by atoms with E-state index in [0.717, 1.165) is 57.6 Å². The van der Waals surface area contributed by atoms with Gasteiger partial charge in [-0.15, -0.1) is 0 Å². The molecule has 35 heavy (non-hydrogen) atoms. The number of carbonyl (C=O) groups is 1. The molecule has 0 unspecified atom stereocenters. The molecular formula is C29H22ClN3O2. The first-order chi connectivity index (χ1) is 17.0. The number of aliphatic carboxylic acids is 1. The van der Waals surface area contributed by atoms with Gasteiger partial charge in [-0.05, 0) is 76.4 Å². The third-order valence-corrected chi connectivity index (χ3v) is 6.85. The number of benzene rings is 3. The van der Waals surface area contributed by atoms with Crippen LogP contribution in [0.2, 0.25) is 5.02 Å². The molecule has 0 bridgehead atoms. The van der Waals surface area contributed by atoms with Crippen LogP contribution in [-0.2, 0) is 4.79 Å². The van der Waals surface area contributed by atoms with E-state index in [4.69, 9.17) is 16.7 Å². The lowest BCUT2D eigenvalue weighted by atomic mass is 9.73. The topological polar surface area (TPSA) is 89.8 Å². The predicted molar refractivity (Wildman–Crippen MR) is 139 cm³/mol. The summed E-state index contributed by atoms with van der Waals surface area (Å²) >= 11 is 6.73. The van der Waals surface area contributed by atoms with Crippen LogP contribution in [0.4, 0.5) is 0 Å². The Morgan fingerprint density at radius 1 is 1.09 bits per heavy atom. The van der Waals surface area contributed by atoms with Gasteiger partial charge in [0, 0.05) is 16.5 Å². The number of rotatable bonds is 6. The molecule has 1 aliphatic carbocycles. The number of nitrogens with one attached hydrogen (secondary N) is 1. The zero-order valence-electron chi connectivity index (χ0n) is 18.8. The Labute approximate surface area is 208 Å². The van der Waals surface area contributed by atoms with Crippen LogP contribution in [0.15, 0.2) is 72.8 Å². The Morgan fingerprint density at radius 3 is 2.49 bits per heavy atom. The molecule has 0 radical (unpaired) electrons. The molecule has 5 rings (SSSR count). The number of H-pyrrole nitrogens is 1. The number of carboxylic acid groups (broad SMARTS) is 1. The van der Waals surface area contributed by atoms with Crippen LogP contribution in [0, 0.1) is 17.2 Å². The summed E-state index contributed by atoms with van der Waals surface area (Å²) in [6.07, 6.45) is 6.05. The normalized spacial score (nSPS) is 14.5. The first-order valence-electron chi connectivity index (χ1n) is 11.4. The summed E-state index contributed by atoms with van der Waals surface area (Å²) in [7, 11) is 0. The van der Waals surface area contributed by atoms with E-state index in [1.54, 1.807) is 6.08 Å². The van der Waals surface area contributed by atoms with E-state index in [2.05, 4.69) is 22.3 Å². The van der Waals surface area contributed by atoms with Crippen LogP contribution in [0.5, 0.6) is 0 Å². The van der Waals surface area contributed by atoms with Crippen LogP contribution in [0.1, 0.15) is 47.2 Å². The predicted octanol–water partition coefficient (Wildman–Crippen LogP) is 6.94. The van der Waals surface area contributed by atoms with E-state index >= 15 is 0 Å². The summed E-state index contributed by atoms with van der Waals surface area (Å²) in [6, 6.07) is 24.0. The van der Waals surface area contributed by atoms with Gasteiger partial charge in [-0.25, -0.2) is 4.79 Å². The molecule has 1 saturated carbocycles. The van der Waals surface area contributed by atoms with E-state index in [1.165, 1.54) is 12.0 Å². The number of carboxylic acids is 1. The van der Waals surface area contributed by atoms with Gasteiger partial charge < -0.3 is 5.11 Å². The van der Waals surface area contributed by atoms with Crippen LogP contribution >= 0.6 is 11.6 Å². The second-order valence-electron chi connectivity index (χ2n) is 8.63. The quantitative estimate of drug-likeness (QED) is 0.231. The van der Waals surface area contributed by atoms with Gasteiger partial charge in [0.15, 0.2) is 5.69 Å². The van der Waals surface area contributed by atoms with Crippen molar-refractivity contribution in [2.75, 3.05) is 0 Å². The second-order valence-corrected chi connectivity index (χ2v) is 9.04. The minimum absolute atomic E-state index is 0.360. The number of aromatic nitrogens is 2. The fourth-order valence-corrected chi connectivity index (χ4v) is 4.83. The number of allylic oxidation sites excluding steroid dienone is 1. The van der Waals surface area contributed by atoms with E-state index < -0.39 is 5.97 Å². The molecule has 1 fully saturated rings. The number of hydrogen-bond acceptors (Lipinski definition) is 3. The van der Waals surface area contributed by atoms with Crippen LogP contribution in [-0.4, -0.2) is 21.3 Å². The molecule has 5 nitrogen and oxygen atoms in total. The summed E-state index contributed by atoms with van der Waals surface area (Å²) in [5.41, 5.74) is 7.21. The van der Waals surface area contributed by atoms with Gasteiger partial charge in [-0.1, -0.05) is 66.6 Å². The van der Waals surface area contributed by atoms with Crippen LogP contribution in [0.3, 0.4) is 0 Å². The Kier molecular flexibility index (Phi) is 6.22. The highest BCUT2D eigenvalue weighted by molar-refractivity contribution is 6.32. The molecule has 0 aliphatic heterocycles. The third-order valence-electron chi connectivity index (χ3n) is 6.52. The molecule has 0 atom stereocenters. The van der Waals surface area contributed by atoms with Crippen molar-refractivity contribution >= 4 is 45.7 Å². The van der Waals surface area contributed by atoms with Crippen molar-refractivity contribution in [1.82, 2.24) is 10.2 Å². The molecule has 6 heteroatoms. The summed E-state index contributed by atoms with van der Waals surface area (Å²) in [5, 5.41) is 27.0. The molecule has 4 aromatic rings. The molecular weight excluding hydrogens is 458 g/mol. The van der Waals surface area contributed by atoms with E-state index in [0.29, 0.717) is 16.6 Å². The summed E-state index contributed by atoms with van der Waals surface area (Å²) in [4.78, 5) is 10.9. The molecule has 0 spiro atoms. The summed E-state index contributed by atoms with van der Waals surface area (Å²) in [6.45, 7) is 0. The van der Waals surface area contributed by atoms with E-state index in [-0.39, 0.29) is 0 Å². The van der Waals surface area contributed by atoms with Gasteiger partial charge in [0.05, 0.1) is 5.52 Å². The summed E-state index contributed by atoms with van der Waals surface area (Å²) < 4.78 is 0. The maximum atomic E-state index is 10.9. The molecule has 172 valence electrons. The van der Waals surface area contributed by atoms with Gasteiger partial charge in [0.2, 0.25) is 0 Å². The first-order valence-corrected chi connectivity index (χ1v) is 11.8. The highest BCUT2D eigenvalue weighted by Gasteiger charge is 2.28. The lowest BCUT2D eigenvalue weighted by Gasteiger charge is -2.32.